The fourth-order valence-electron chi connectivity index (χ4n) is 5.74. The second kappa shape index (κ2) is 16.6. The van der Waals surface area contributed by atoms with Crippen LogP contribution in [0, 0.1) is 52.0 Å². The average molecular weight is 597 g/mol. The van der Waals surface area contributed by atoms with E-state index in [1.807, 2.05) is 72.8 Å². The third kappa shape index (κ3) is 9.01. The Hall–Kier alpha value is -5.96. The minimum atomic E-state index is 0.197. The van der Waals surface area contributed by atoms with Crippen LogP contribution in [0.3, 0.4) is 0 Å². The molecule has 0 bridgehead atoms. The molecule has 8 heteroatoms. The molecule has 0 saturated heterocycles. The smallest absolute Gasteiger partial charge is 0.292 e. The van der Waals surface area contributed by atoms with Gasteiger partial charge >= 0.3 is 0 Å². The highest BCUT2D eigenvalue weighted by Crippen LogP contribution is 2.41. The zero-order valence-corrected chi connectivity index (χ0v) is 24.9. The Balaban J connectivity index is 0.000000210. The lowest BCUT2D eigenvalue weighted by Crippen LogP contribution is -2.17. The summed E-state index contributed by atoms with van der Waals surface area (Å²) in [5.74, 6) is 3.27. The molecular formula is C37H32N4O4. The summed E-state index contributed by atoms with van der Waals surface area (Å²) in [5, 5.41) is 34.2. The van der Waals surface area contributed by atoms with Crippen molar-refractivity contribution in [2.75, 3.05) is 0 Å². The maximum Gasteiger partial charge on any atom is 0.292 e. The van der Waals surface area contributed by atoms with E-state index in [4.69, 9.17) is 40.0 Å². The zero-order valence-electron chi connectivity index (χ0n) is 24.9. The molecule has 1 aliphatic rings. The summed E-state index contributed by atoms with van der Waals surface area (Å²) < 4.78 is 19.3. The van der Waals surface area contributed by atoms with Gasteiger partial charge in [0.1, 0.15) is 23.0 Å². The standard InChI is InChI=1S/C21H20N2O2.C16H12N2O2/c22-14-24-19-10-6-17(7-11-19)21(16-4-2-1-3-5-16)18-8-12-20(13-9-18)25-15-23;1-12(13-2-6-15(7-3-13)19-10-17)14-4-8-16(9-5-14)20-11-18/h6-13,16,21H,1-5H2;2-9,12H,1H3. The minimum absolute atomic E-state index is 0.197. The molecule has 45 heavy (non-hydrogen) atoms. The topological polar surface area (TPSA) is 132 Å². The maximum absolute atomic E-state index is 8.64. The van der Waals surface area contributed by atoms with Crippen LogP contribution in [0.25, 0.3) is 0 Å². The maximum atomic E-state index is 8.64. The van der Waals surface area contributed by atoms with E-state index < -0.39 is 0 Å². The van der Waals surface area contributed by atoms with Gasteiger partial charge in [-0.1, -0.05) is 74.7 Å². The van der Waals surface area contributed by atoms with Gasteiger partial charge in [0, 0.05) is 11.8 Å². The summed E-state index contributed by atoms with van der Waals surface area (Å²) in [4.78, 5) is 0. The van der Waals surface area contributed by atoms with E-state index in [2.05, 4.69) is 6.92 Å². The first-order valence-corrected chi connectivity index (χ1v) is 14.7. The second-order valence-corrected chi connectivity index (χ2v) is 10.6. The Morgan fingerprint density at radius 1 is 0.467 bits per heavy atom. The summed E-state index contributed by atoms with van der Waals surface area (Å²) in [6, 6.07) is 30.4. The van der Waals surface area contributed by atoms with Crippen molar-refractivity contribution in [2.24, 2.45) is 5.92 Å². The third-order valence-corrected chi connectivity index (χ3v) is 8.01. The second-order valence-electron chi connectivity index (χ2n) is 10.6. The molecule has 0 unspecified atom stereocenters. The summed E-state index contributed by atoms with van der Waals surface area (Å²) >= 11 is 0. The van der Waals surface area contributed by atoms with Crippen LogP contribution in [-0.2, 0) is 0 Å². The van der Waals surface area contributed by atoms with Gasteiger partial charge in [-0.25, -0.2) is 0 Å². The highest BCUT2D eigenvalue weighted by molar-refractivity contribution is 5.40. The first-order valence-electron chi connectivity index (χ1n) is 14.7. The molecule has 0 N–H and O–H groups in total. The lowest BCUT2D eigenvalue weighted by Gasteiger charge is -2.31. The Labute approximate surface area is 263 Å². The number of ether oxygens (including phenoxy) is 4. The SMILES string of the molecule is CC(c1ccc(OC#N)cc1)c1ccc(OC#N)cc1.N#COc1ccc(C(c2ccc(OC#N)cc2)C2CCCCC2)cc1. The van der Waals surface area contributed by atoms with Crippen molar-refractivity contribution in [1.82, 2.24) is 0 Å². The number of nitrogens with zero attached hydrogens (tertiary/aromatic N) is 4. The van der Waals surface area contributed by atoms with Gasteiger partial charge < -0.3 is 18.9 Å². The summed E-state index contributed by atoms with van der Waals surface area (Å²) in [5.41, 5.74) is 4.69. The number of benzene rings is 4. The van der Waals surface area contributed by atoms with Crippen LogP contribution >= 0.6 is 0 Å². The molecule has 224 valence electrons. The van der Waals surface area contributed by atoms with Crippen LogP contribution in [-0.4, -0.2) is 0 Å². The Kier molecular flexibility index (Phi) is 11.8. The van der Waals surface area contributed by atoms with Crippen molar-refractivity contribution in [2.45, 2.75) is 50.9 Å². The molecule has 1 aliphatic carbocycles. The number of rotatable bonds is 9. The number of hydrogen-bond donors (Lipinski definition) is 0. The van der Waals surface area contributed by atoms with Gasteiger partial charge in [-0.05, 0) is 89.5 Å². The molecule has 4 aromatic rings. The van der Waals surface area contributed by atoms with Crippen molar-refractivity contribution < 1.29 is 18.9 Å². The molecule has 1 saturated carbocycles. The van der Waals surface area contributed by atoms with Crippen molar-refractivity contribution in [3.05, 3.63) is 119 Å². The number of hydrogen-bond acceptors (Lipinski definition) is 8. The Bertz CT molecular complexity index is 1550. The predicted molar refractivity (Wildman–Crippen MR) is 167 cm³/mol. The largest absolute Gasteiger partial charge is 0.388 e. The van der Waals surface area contributed by atoms with E-state index >= 15 is 0 Å². The fraction of sp³-hybridized carbons (Fsp3) is 0.243. The van der Waals surface area contributed by atoms with Gasteiger partial charge in [-0.3, -0.25) is 0 Å². The van der Waals surface area contributed by atoms with Gasteiger partial charge in [0.25, 0.3) is 25.0 Å². The van der Waals surface area contributed by atoms with E-state index in [0.717, 1.165) is 11.1 Å². The molecule has 0 aliphatic heterocycles. The van der Waals surface area contributed by atoms with E-state index in [9.17, 15) is 0 Å². The van der Waals surface area contributed by atoms with Crippen LogP contribution in [0.15, 0.2) is 97.1 Å². The fourth-order valence-corrected chi connectivity index (χ4v) is 5.74. The molecule has 0 radical (unpaired) electrons. The van der Waals surface area contributed by atoms with Crippen LogP contribution in [0.4, 0.5) is 0 Å². The van der Waals surface area contributed by atoms with Gasteiger partial charge in [0.05, 0.1) is 0 Å². The van der Waals surface area contributed by atoms with Crippen molar-refractivity contribution in [1.29, 1.82) is 21.0 Å². The molecule has 0 spiro atoms. The predicted octanol–water partition coefficient (Wildman–Crippen LogP) is 8.68. The monoisotopic (exact) mass is 596 g/mol. The van der Waals surface area contributed by atoms with Crippen LogP contribution in [0.5, 0.6) is 23.0 Å². The normalized spacial score (nSPS) is 12.3. The molecule has 4 aromatic carbocycles. The van der Waals surface area contributed by atoms with Gasteiger partial charge in [0.2, 0.25) is 0 Å². The lowest BCUT2D eigenvalue weighted by molar-refractivity contribution is 0.327. The minimum Gasteiger partial charge on any atom is -0.388 e. The van der Waals surface area contributed by atoms with Crippen LogP contribution < -0.4 is 18.9 Å². The van der Waals surface area contributed by atoms with Crippen LogP contribution in [0.1, 0.15) is 73.1 Å². The highest BCUT2D eigenvalue weighted by atomic mass is 16.5. The third-order valence-electron chi connectivity index (χ3n) is 8.01. The molecule has 0 amide bonds. The Morgan fingerprint density at radius 3 is 1.04 bits per heavy atom. The molecule has 0 atom stereocenters. The molecule has 0 aromatic heterocycles. The van der Waals surface area contributed by atoms with E-state index in [0.29, 0.717) is 34.8 Å². The highest BCUT2D eigenvalue weighted by Gasteiger charge is 2.26. The lowest BCUT2D eigenvalue weighted by atomic mass is 9.73. The van der Waals surface area contributed by atoms with Gasteiger partial charge in [-0.2, -0.15) is 0 Å². The van der Waals surface area contributed by atoms with E-state index in [-0.39, 0.29) is 5.92 Å². The average Bonchev–Trinajstić information content (AvgIpc) is 3.08. The molecule has 8 nitrogen and oxygen atoms in total. The van der Waals surface area contributed by atoms with Crippen LogP contribution in [0.2, 0.25) is 0 Å². The quantitative estimate of drug-likeness (QED) is 0.175. The molecule has 5 rings (SSSR count). The van der Waals surface area contributed by atoms with Crippen molar-refractivity contribution >= 4 is 0 Å². The van der Waals surface area contributed by atoms with E-state index in [1.54, 1.807) is 49.3 Å². The molecular weight excluding hydrogens is 564 g/mol. The van der Waals surface area contributed by atoms with Gasteiger partial charge in [-0.15, -0.1) is 21.0 Å². The Morgan fingerprint density at radius 2 is 0.756 bits per heavy atom. The molecule has 1 fully saturated rings. The first-order chi connectivity index (χ1) is 22.1. The van der Waals surface area contributed by atoms with Crippen molar-refractivity contribution in [3.63, 3.8) is 0 Å². The van der Waals surface area contributed by atoms with Crippen molar-refractivity contribution in [3.8, 4) is 48.0 Å². The summed E-state index contributed by atoms with van der Waals surface area (Å²) in [6.07, 6.45) is 13.0. The summed E-state index contributed by atoms with van der Waals surface area (Å²) in [6.45, 7) is 2.08. The molecule has 0 heterocycles. The summed E-state index contributed by atoms with van der Waals surface area (Å²) in [7, 11) is 0. The van der Waals surface area contributed by atoms with Gasteiger partial charge in [0.15, 0.2) is 0 Å². The first kappa shape index (κ1) is 32.0. The zero-order chi connectivity index (χ0) is 31.9. The number of nitriles is 4. The van der Waals surface area contributed by atoms with E-state index in [1.165, 1.54) is 43.2 Å².